The molecule has 0 aromatic carbocycles. The van der Waals surface area contributed by atoms with Gasteiger partial charge in [-0.25, -0.2) is 4.58 Å². The molecular weight excluding hydrogens is 210 g/mol. The molecule has 0 bridgehead atoms. The molecule has 2 aliphatic rings. The van der Waals surface area contributed by atoms with Crippen molar-refractivity contribution in [2.45, 2.75) is 33.7 Å². The van der Waals surface area contributed by atoms with Gasteiger partial charge < -0.3 is 5.11 Å². The summed E-state index contributed by atoms with van der Waals surface area (Å²) in [7, 11) is 0. The normalized spacial score (nSPS) is 33.9. The van der Waals surface area contributed by atoms with Gasteiger partial charge in [-0.3, -0.25) is 0 Å². The van der Waals surface area contributed by atoms with Crippen LogP contribution in [0.2, 0.25) is 0 Å². The van der Waals surface area contributed by atoms with E-state index in [0.717, 1.165) is 0 Å². The van der Waals surface area contributed by atoms with E-state index >= 15 is 0 Å². The summed E-state index contributed by atoms with van der Waals surface area (Å²) in [6.45, 7) is 8.73. The van der Waals surface area contributed by atoms with E-state index in [0.29, 0.717) is 17.9 Å². The first-order chi connectivity index (χ1) is 8.15. The molecule has 92 valence electrons. The van der Waals surface area contributed by atoms with Crippen molar-refractivity contribution in [2.75, 3.05) is 6.61 Å². The Kier molecular flexibility index (Phi) is 3.34. The number of nitrogens with zero attached hydrogens (tertiary/aromatic N) is 1. The van der Waals surface area contributed by atoms with Crippen molar-refractivity contribution in [3.63, 3.8) is 0 Å². The van der Waals surface area contributed by atoms with Crippen LogP contribution in [0.25, 0.3) is 0 Å². The van der Waals surface area contributed by atoms with Gasteiger partial charge in [-0.05, 0) is 39.3 Å². The highest BCUT2D eigenvalue weighted by atomic mass is 16.3. The number of fused-ring (bicyclic) bond motifs is 1. The second-order valence-corrected chi connectivity index (χ2v) is 5.08. The van der Waals surface area contributed by atoms with Crippen LogP contribution in [-0.2, 0) is 0 Å². The van der Waals surface area contributed by atoms with Gasteiger partial charge in [0.25, 0.3) is 0 Å². The first kappa shape index (κ1) is 12.3. The molecule has 2 nitrogen and oxygen atoms in total. The summed E-state index contributed by atoms with van der Waals surface area (Å²) < 4.78 is 2.26. The number of rotatable bonds is 2. The maximum atomic E-state index is 9.47. The minimum Gasteiger partial charge on any atom is -0.396 e. The Morgan fingerprint density at radius 3 is 2.59 bits per heavy atom. The Bertz CT molecular complexity index is 436. The van der Waals surface area contributed by atoms with E-state index in [-0.39, 0.29) is 6.61 Å². The molecule has 0 aromatic heterocycles. The molecule has 0 radical (unpaired) electrons. The van der Waals surface area contributed by atoms with E-state index in [4.69, 9.17) is 0 Å². The lowest BCUT2D eigenvalue weighted by Crippen LogP contribution is -2.20. The topological polar surface area (TPSA) is 23.2 Å². The van der Waals surface area contributed by atoms with E-state index in [1.807, 2.05) is 6.92 Å². The Morgan fingerprint density at radius 2 is 2.12 bits per heavy atom. The van der Waals surface area contributed by atoms with Crippen molar-refractivity contribution in [3.05, 3.63) is 35.1 Å². The fourth-order valence-electron chi connectivity index (χ4n) is 3.04. The van der Waals surface area contributed by atoms with Gasteiger partial charge in [-0.2, -0.15) is 0 Å². The van der Waals surface area contributed by atoms with Crippen LogP contribution in [0.5, 0.6) is 0 Å². The van der Waals surface area contributed by atoms with Gasteiger partial charge in [0.15, 0.2) is 18.5 Å². The highest BCUT2D eigenvalue weighted by Gasteiger charge is 2.62. The molecule has 1 fully saturated rings. The highest BCUT2D eigenvalue weighted by molar-refractivity contribution is 5.84. The lowest BCUT2D eigenvalue weighted by Gasteiger charge is -2.13. The van der Waals surface area contributed by atoms with Crippen LogP contribution < -0.4 is 0 Å². The van der Waals surface area contributed by atoms with Crippen molar-refractivity contribution in [2.24, 2.45) is 11.8 Å². The Balaban J connectivity index is 2.47. The van der Waals surface area contributed by atoms with Crippen LogP contribution in [-0.4, -0.2) is 28.5 Å². The standard InChI is InChI=1S/C15H22NO/c1-5-7-16-8-11(6-2)13(10(3)4)14-12(9-17)15(14)16/h5-8,12,14-15,17H,9H2,1-4H3/q+1/b7-5-,11-6-. The molecule has 3 unspecified atom stereocenters. The number of aliphatic hydroxyl groups is 1. The Labute approximate surface area is 104 Å². The molecule has 17 heavy (non-hydrogen) atoms. The molecule has 3 atom stereocenters. The fraction of sp³-hybridized carbons (Fsp3) is 0.533. The van der Waals surface area contributed by atoms with Gasteiger partial charge in [0.2, 0.25) is 0 Å². The van der Waals surface area contributed by atoms with E-state index in [9.17, 15) is 5.11 Å². The first-order valence-electron chi connectivity index (χ1n) is 6.35. The van der Waals surface area contributed by atoms with Crippen LogP contribution in [0.3, 0.4) is 0 Å². The van der Waals surface area contributed by atoms with Gasteiger partial charge in [0.05, 0.1) is 18.4 Å². The summed E-state index contributed by atoms with van der Waals surface area (Å²) in [6.07, 6.45) is 8.54. The molecule has 0 aromatic rings. The van der Waals surface area contributed by atoms with Crippen molar-refractivity contribution in [3.8, 4) is 0 Å². The molecule has 1 heterocycles. The largest absolute Gasteiger partial charge is 0.396 e. The van der Waals surface area contributed by atoms with Crippen LogP contribution in [0.15, 0.2) is 35.1 Å². The quantitative estimate of drug-likeness (QED) is 0.726. The predicted molar refractivity (Wildman–Crippen MR) is 71.1 cm³/mol. The summed E-state index contributed by atoms with van der Waals surface area (Å²) in [5.41, 5.74) is 4.12. The molecule has 0 spiro atoms. The summed E-state index contributed by atoms with van der Waals surface area (Å²) in [4.78, 5) is 0. The minimum absolute atomic E-state index is 0.283. The monoisotopic (exact) mass is 232 g/mol. The van der Waals surface area contributed by atoms with Crippen molar-refractivity contribution in [1.29, 1.82) is 0 Å². The molecular formula is C15H22NO+. The third-order valence-electron chi connectivity index (χ3n) is 3.79. The minimum atomic E-state index is 0.283. The lowest BCUT2D eigenvalue weighted by molar-refractivity contribution is -0.475. The van der Waals surface area contributed by atoms with E-state index in [1.165, 1.54) is 16.7 Å². The van der Waals surface area contributed by atoms with Crippen molar-refractivity contribution < 1.29 is 9.68 Å². The van der Waals surface area contributed by atoms with Crippen molar-refractivity contribution in [1.82, 2.24) is 0 Å². The van der Waals surface area contributed by atoms with Gasteiger partial charge in [-0.1, -0.05) is 11.6 Å². The van der Waals surface area contributed by atoms with Crippen LogP contribution in [0.1, 0.15) is 27.7 Å². The molecule has 0 amide bonds. The summed E-state index contributed by atoms with van der Waals surface area (Å²) >= 11 is 0. The molecule has 2 rings (SSSR count). The summed E-state index contributed by atoms with van der Waals surface area (Å²) in [6, 6.07) is 0.463. The third-order valence-corrected chi connectivity index (χ3v) is 3.79. The van der Waals surface area contributed by atoms with E-state index in [2.05, 4.69) is 49.9 Å². The third kappa shape index (κ3) is 1.91. The maximum Gasteiger partial charge on any atom is 0.176 e. The number of hydrogen-bond donors (Lipinski definition) is 1. The number of hydrogen-bond acceptors (Lipinski definition) is 1. The lowest BCUT2D eigenvalue weighted by atomic mass is 9.94. The Morgan fingerprint density at radius 1 is 1.41 bits per heavy atom. The zero-order valence-corrected chi connectivity index (χ0v) is 11.1. The zero-order chi connectivity index (χ0) is 12.6. The highest BCUT2D eigenvalue weighted by Crippen LogP contribution is 2.51. The Hall–Kier alpha value is -1.15. The maximum absolute atomic E-state index is 9.47. The van der Waals surface area contributed by atoms with E-state index in [1.54, 1.807) is 0 Å². The number of allylic oxidation sites excluding steroid dienone is 4. The van der Waals surface area contributed by atoms with Gasteiger partial charge in [0, 0.05) is 5.57 Å². The molecule has 1 aliphatic heterocycles. The van der Waals surface area contributed by atoms with Crippen LogP contribution in [0, 0.1) is 11.8 Å². The molecule has 1 N–H and O–H groups in total. The zero-order valence-electron chi connectivity index (χ0n) is 11.1. The SMILES string of the molecule is C/C=C\[N+]1=CC(=C/C)/C(=C(C)C)C2C(CO)C21. The van der Waals surface area contributed by atoms with Crippen LogP contribution in [0.4, 0.5) is 0 Å². The molecule has 1 aliphatic carbocycles. The second-order valence-electron chi connectivity index (χ2n) is 5.08. The smallest absolute Gasteiger partial charge is 0.176 e. The molecule has 2 heteroatoms. The average Bonchev–Trinajstić information content (AvgIpc) is 3.02. The van der Waals surface area contributed by atoms with Gasteiger partial charge >= 0.3 is 0 Å². The molecule has 1 saturated carbocycles. The van der Waals surface area contributed by atoms with Gasteiger partial charge in [-0.15, -0.1) is 0 Å². The van der Waals surface area contributed by atoms with Crippen molar-refractivity contribution >= 4 is 6.21 Å². The van der Waals surface area contributed by atoms with Crippen LogP contribution >= 0.6 is 0 Å². The first-order valence-corrected chi connectivity index (χ1v) is 6.35. The fourth-order valence-corrected chi connectivity index (χ4v) is 3.04. The average molecular weight is 232 g/mol. The van der Waals surface area contributed by atoms with Gasteiger partial charge in [0.1, 0.15) is 0 Å². The molecule has 0 saturated heterocycles. The predicted octanol–water partition coefficient (Wildman–Crippen LogP) is 2.51. The summed E-state index contributed by atoms with van der Waals surface area (Å²) in [5.74, 6) is 0.905. The van der Waals surface area contributed by atoms with E-state index < -0.39 is 0 Å². The second kappa shape index (κ2) is 4.61. The summed E-state index contributed by atoms with van der Waals surface area (Å²) in [5, 5.41) is 9.47. The number of aliphatic hydroxyl groups excluding tert-OH is 1.